The molecule has 0 spiro atoms. The molecule has 3 aromatic rings. The summed E-state index contributed by atoms with van der Waals surface area (Å²) in [6.07, 6.45) is 5.24. The molecule has 0 unspecified atom stereocenters. The lowest BCUT2D eigenvalue weighted by Crippen LogP contribution is -2.08. The van der Waals surface area contributed by atoms with Gasteiger partial charge in [0.05, 0.1) is 17.4 Å². The summed E-state index contributed by atoms with van der Waals surface area (Å²) >= 11 is 6.08. The summed E-state index contributed by atoms with van der Waals surface area (Å²) in [7, 11) is 0. The van der Waals surface area contributed by atoms with Gasteiger partial charge in [0.25, 0.3) is 0 Å². The molecule has 23 heavy (non-hydrogen) atoms. The fourth-order valence-electron chi connectivity index (χ4n) is 2.70. The highest BCUT2D eigenvalue weighted by Gasteiger charge is 2.27. The van der Waals surface area contributed by atoms with Gasteiger partial charge in [-0.05, 0) is 31.4 Å². The molecule has 1 aromatic carbocycles. The molecule has 0 bridgehead atoms. The van der Waals surface area contributed by atoms with E-state index < -0.39 is 0 Å². The van der Waals surface area contributed by atoms with Crippen molar-refractivity contribution in [3.8, 4) is 0 Å². The van der Waals surface area contributed by atoms with Gasteiger partial charge in [-0.25, -0.2) is 15.0 Å². The molecule has 1 aliphatic carbocycles. The predicted octanol–water partition coefficient (Wildman–Crippen LogP) is 3.86. The fourth-order valence-corrected chi connectivity index (χ4v) is 2.89. The van der Waals surface area contributed by atoms with Gasteiger partial charge in [-0.1, -0.05) is 23.7 Å². The van der Waals surface area contributed by atoms with Gasteiger partial charge >= 0.3 is 0 Å². The molecule has 2 heterocycles. The van der Waals surface area contributed by atoms with Crippen LogP contribution in [0.4, 0.5) is 5.82 Å². The first-order chi connectivity index (χ1) is 11.3. The molecule has 0 atom stereocenters. The van der Waals surface area contributed by atoms with Crippen molar-refractivity contribution >= 4 is 28.5 Å². The normalized spacial score (nSPS) is 14.3. The number of anilines is 1. The molecule has 0 aliphatic heterocycles. The number of aromatic nitrogens is 4. The van der Waals surface area contributed by atoms with Gasteiger partial charge in [0.2, 0.25) is 0 Å². The number of benzene rings is 1. The van der Waals surface area contributed by atoms with Crippen molar-refractivity contribution in [2.75, 3.05) is 11.9 Å². The minimum atomic E-state index is 0.506. The number of fused-ring (bicyclic) bond motifs is 1. The molecule has 1 saturated carbocycles. The Morgan fingerprint density at radius 3 is 2.96 bits per heavy atom. The Hall–Kier alpha value is -2.14. The quantitative estimate of drug-likeness (QED) is 0.551. The van der Waals surface area contributed by atoms with Gasteiger partial charge in [0.15, 0.2) is 0 Å². The summed E-state index contributed by atoms with van der Waals surface area (Å²) in [5.41, 5.74) is 2.21. The van der Waals surface area contributed by atoms with Crippen molar-refractivity contribution in [3.05, 3.63) is 47.6 Å². The van der Waals surface area contributed by atoms with E-state index in [0.717, 1.165) is 36.7 Å². The SMILES string of the molecule is Clc1cc(NCCCn2cnc3ccccc32)nc(C2CC2)n1. The predicted molar refractivity (Wildman–Crippen MR) is 91.9 cm³/mol. The molecule has 1 aliphatic rings. The second kappa shape index (κ2) is 6.16. The van der Waals surface area contributed by atoms with E-state index in [2.05, 4.69) is 30.9 Å². The first kappa shape index (κ1) is 14.5. The van der Waals surface area contributed by atoms with Crippen LogP contribution < -0.4 is 5.32 Å². The molecule has 0 saturated heterocycles. The number of aryl methyl sites for hydroxylation is 1. The number of halogens is 1. The zero-order valence-electron chi connectivity index (χ0n) is 12.7. The zero-order chi connectivity index (χ0) is 15.6. The van der Waals surface area contributed by atoms with Crippen molar-refractivity contribution in [1.82, 2.24) is 19.5 Å². The number of hydrogen-bond donors (Lipinski definition) is 1. The number of rotatable bonds is 6. The highest BCUT2D eigenvalue weighted by molar-refractivity contribution is 6.29. The Morgan fingerprint density at radius 2 is 2.09 bits per heavy atom. The molecule has 1 N–H and O–H groups in total. The van der Waals surface area contributed by atoms with Crippen LogP contribution >= 0.6 is 11.6 Å². The van der Waals surface area contributed by atoms with E-state index >= 15 is 0 Å². The molecule has 118 valence electrons. The third-order valence-electron chi connectivity index (χ3n) is 4.06. The van der Waals surface area contributed by atoms with Crippen LogP contribution in [-0.2, 0) is 6.54 Å². The maximum Gasteiger partial charge on any atom is 0.135 e. The summed E-state index contributed by atoms with van der Waals surface area (Å²) in [5, 5.41) is 3.87. The van der Waals surface area contributed by atoms with Crippen LogP contribution in [0.2, 0.25) is 5.15 Å². The zero-order valence-corrected chi connectivity index (χ0v) is 13.5. The van der Waals surface area contributed by atoms with Gasteiger partial charge < -0.3 is 9.88 Å². The van der Waals surface area contributed by atoms with Crippen molar-refractivity contribution in [3.63, 3.8) is 0 Å². The van der Waals surface area contributed by atoms with Crippen LogP contribution in [0.5, 0.6) is 0 Å². The third-order valence-corrected chi connectivity index (χ3v) is 4.26. The van der Waals surface area contributed by atoms with E-state index in [4.69, 9.17) is 11.6 Å². The van der Waals surface area contributed by atoms with Crippen LogP contribution in [0.1, 0.15) is 31.0 Å². The molecule has 2 aromatic heterocycles. The van der Waals surface area contributed by atoms with Crippen molar-refractivity contribution in [2.45, 2.75) is 31.7 Å². The van der Waals surface area contributed by atoms with Crippen molar-refractivity contribution in [1.29, 1.82) is 0 Å². The highest BCUT2D eigenvalue weighted by atomic mass is 35.5. The number of nitrogens with one attached hydrogen (secondary N) is 1. The van der Waals surface area contributed by atoms with Gasteiger partial charge in [-0.15, -0.1) is 0 Å². The van der Waals surface area contributed by atoms with E-state index in [9.17, 15) is 0 Å². The van der Waals surface area contributed by atoms with E-state index in [1.165, 1.54) is 18.4 Å². The van der Waals surface area contributed by atoms with Crippen LogP contribution in [0, 0.1) is 0 Å². The second-order valence-electron chi connectivity index (χ2n) is 5.92. The number of imidazole rings is 1. The second-order valence-corrected chi connectivity index (χ2v) is 6.30. The average Bonchev–Trinajstić information content (AvgIpc) is 3.33. The molecule has 6 heteroatoms. The molecule has 0 radical (unpaired) electrons. The van der Waals surface area contributed by atoms with E-state index in [1.54, 1.807) is 6.07 Å². The lowest BCUT2D eigenvalue weighted by molar-refractivity contribution is 0.676. The van der Waals surface area contributed by atoms with Gasteiger partial charge in [0, 0.05) is 25.1 Å². The Balaban J connectivity index is 1.35. The summed E-state index contributed by atoms with van der Waals surface area (Å²) in [5.74, 6) is 2.20. The molecule has 1 fully saturated rings. The number of hydrogen-bond acceptors (Lipinski definition) is 4. The van der Waals surface area contributed by atoms with Crippen LogP contribution in [0.25, 0.3) is 11.0 Å². The molecular weight excluding hydrogens is 310 g/mol. The largest absolute Gasteiger partial charge is 0.370 e. The Bertz CT molecular complexity index is 825. The number of para-hydroxylation sites is 2. The fraction of sp³-hybridized carbons (Fsp3) is 0.353. The minimum Gasteiger partial charge on any atom is -0.370 e. The summed E-state index contributed by atoms with van der Waals surface area (Å²) in [6.45, 7) is 1.76. The van der Waals surface area contributed by atoms with E-state index in [-0.39, 0.29) is 0 Å². The maximum atomic E-state index is 6.08. The Morgan fingerprint density at radius 1 is 1.22 bits per heavy atom. The van der Waals surface area contributed by atoms with E-state index in [1.807, 2.05) is 24.5 Å². The number of nitrogens with zero attached hydrogens (tertiary/aromatic N) is 4. The smallest absolute Gasteiger partial charge is 0.135 e. The summed E-state index contributed by atoms with van der Waals surface area (Å²) < 4.78 is 2.18. The van der Waals surface area contributed by atoms with Crippen LogP contribution in [-0.4, -0.2) is 26.1 Å². The molecular formula is C17H18ClN5. The average molecular weight is 328 g/mol. The van der Waals surface area contributed by atoms with Gasteiger partial charge in [0.1, 0.15) is 16.8 Å². The monoisotopic (exact) mass is 327 g/mol. The van der Waals surface area contributed by atoms with Gasteiger partial charge in [-0.2, -0.15) is 0 Å². The van der Waals surface area contributed by atoms with Crippen LogP contribution in [0.15, 0.2) is 36.7 Å². The lowest BCUT2D eigenvalue weighted by Gasteiger charge is -2.08. The highest BCUT2D eigenvalue weighted by Crippen LogP contribution is 2.38. The molecule has 5 nitrogen and oxygen atoms in total. The summed E-state index contributed by atoms with van der Waals surface area (Å²) in [4.78, 5) is 13.3. The maximum absolute atomic E-state index is 6.08. The van der Waals surface area contributed by atoms with Crippen molar-refractivity contribution in [2.24, 2.45) is 0 Å². The minimum absolute atomic E-state index is 0.506. The summed E-state index contributed by atoms with van der Waals surface area (Å²) in [6, 6.07) is 9.98. The topological polar surface area (TPSA) is 55.6 Å². The Kier molecular flexibility index (Phi) is 3.87. The lowest BCUT2D eigenvalue weighted by atomic mass is 10.3. The van der Waals surface area contributed by atoms with Gasteiger partial charge in [-0.3, -0.25) is 0 Å². The first-order valence-corrected chi connectivity index (χ1v) is 8.35. The Labute approximate surface area is 139 Å². The standard InChI is InChI=1S/C17H18ClN5/c18-15-10-16(22-17(21-15)12-6-7-12)19-8-3-9-23-11-20-13-4-1-2-5-14(13)23/h1-2,4-5,10-12H,3,6-9H2,(H,19,21,22). The van der Waals surface area contributed by atoms with Crippen molar-refractivity contribution < 1.29 is 0 Å². The third kappa shape index (κ3) is 3.29. The molecule has 4 rings (SSSR count). The van der Waals surface area contributed by atoms with Crippen LogP contribution in [0.3, 0.4) is 0 Å². The molecule has 0 amide bonds. The first-order valence-electron chi connectivity index (χ1n) is 7.98. The van der Waals surface area contributed by atoms with E-state index in [0.29, 0.717) is 11.1 Å².